The summed E-state index contributed by atoms with van der Waals surface area (Å²) in [5.41, 5.74) is 3.03. The van der Waals surface area contributed by atoms with Crippen LogP contribution in [-0.2, 0) is 23.0 Å². The number of nitrogens with zero attached hydrogens (tertiary/aromatic N) is 4. The van der Waals surface area contributed by atoms with Crippen LogP contribution in [0.25, 0.3) is 22.2 Å². The Hall–Kier alpha value is -4.03. The molecule has 0 unspecified atom stereocenters. The fraction of sp³-hybridized carbons (Fsp3) is 0.273. The van der Waals surface area contributed by atoms with Crippen molar-refractivity contribution < 1.29 is 22.0 Å². The molecule has 3 aromatic carbocycles. The SMILES string of the molecule is CN1CC(N(CCS(C)(=O)=O)Cc2ccc(-c3ccc4ncnc(Nc5ccc(OCc6cccc(F)c6)c(Cl)c5)c4c3)o2)C1. The van der Waals surface area contributed by atoms with Crippen LogP contribution in [-0.4, -0.2) is 72.9 Å². The van der Waals surface area contributed by atoms with E-state index in [4.69, 9.17) is 20.8 Å². The number of hydrogen-bond acceptors (Lipinski definition) is 9. The summed E-state index contributed by atoms with van der Waals surface area (Å²) in [5, 5.41) is 4.53. The summed E-state index contributed by atoms with van der Waals surface area (Å²) < 4.78 is 49.2. The van der Waals surface area contributed by atoms with E-state index < -0.39 is 9.84 Å². The molecule has 1 aliphatic heterocycles. The molecule has 0 aliphatic carbocycles. The average Bonchev–Trinajstić information content (AvgIpc) is 3.45. The lowest BCUT2D eigenvalue weighted by atomic mass is 10.1. The molecular weight excluding hydrogens is 617 g/mol. The zero-order valence-electron chi connectivity index (χ0n) is 24.9. The van der Waals surface area contributed by atoms with Crippen molar-refractivity contribution in [2.45, 2.75) is 19.2 Å². The van der Waals surface area contributed by atoms with Crippen LogP contribution in [0.1, 0.15) is 11.3 Å². The molecule has 1 saturated heterocycles. The Morgan fingerprint density at radius 3 is 2.69 bits per heavy atom. The summed E-state index contributed by atoms with van der Waals surface area (Å²) in [6.45, 7) is 2.97. The van der Waals surface area contributed by atoms with Crippen LogP contribution in [0.3, 0.4) is 0 Å². The maximum Gasteiger partial charge on any atom is 0.148 e. The maximum atomic E-state index is 13.5. The number of anilines is 2. The van der Waals surface area contributed by atoms with Crippen LogP contribution in [0.15, 0.2) is 83.5 Å². The van der Waals surface area contributed by atoms with Crippen molar-refractivity contribution in [3.05, 3.63) is 101 Å². The number of furan rings is 1. The summed E-state index contributed by atoms with van der Waals surface area (Å²) in [5.74, 6) is 2.33. The molecule has 1 N–H and O–H groups in total. The summed E-state index contributed by atoms with van der Waals surface area (Å²) >= 11 is 6.52. The molecule has 6 rings (SSSR count). The highest BCUT2D eigenvalue weighted by Gasteiger charge is 2.30. The maximum absolute atomic E-state index is 13.5. The third-order valence-electron chi connectivity index (χ3n) is 7.73. The molecule has 0 radical (unpaired) electrons. The van der Waals surface area contributed by atoms with Crippen LogP contribution in [0, 0.1) is 5.82 Å². The zero-order chi connectivity index (χ0) is 31.6. The normalized spacial score (nSPS) is 14.2. The van der Waals surface area contributed by atoms with E-state index in [9.17, 15) is 12.8 Å². The second-order valence-corrected chi connectivity index (χ2v) is 14.1. The lowest BCUT2D eigenvalue weighted by Crippen LogP contribution is -2.58. The number of nitrogens with one attached hydrogen (secondary N) is 1. The number of benzene rings is 3. The summed E-state index contributed by atoms with van der Waals surface area (Å²) in [6.07, 6.45) is 2.77. The first-order valence-electron chi connectivity index (χ1n) is 14.5. The minimum Gasteiger partial charge on any atom is -0.487 e. The number of likely N-dealkylation sites (tertiary alicyclic amines) is 1. The van der Waals surface area contributed by atoms with Gasteiger partial charge in [0, 0.05) is 48.6 Å². The van der Waals surface area contributed by atoms with E-state index in [0.717, 1.165) is 35.3 Å². The van der Waals surface area contributed by atoms with Gasteiger partial charge in [-0.3, -0.25) is 4.90 Å². The van der Waals surface area contributed by atoms with E-state index in [1.54, 1.807) is 24.3 Å². The highest BCUT2D eigenvalue weighted by atomic mass is 35.5. The first-order chi connectivity index (χ1) is 21.6. The molecule has 1 fully saturated rings. The number of sulfone groups is 1. The largest absolute Gasteiger partial charge is 0.487 e. The quantitative estimate of drug-likeness (QED) is 0.170. The first-order valence-corrected chi connectivity index (χ1v) is 16.9. The molecule has 3 heterocycles. The lowest BCUT2D eigenvalue weighted by Gasteiger charge is -2.43. The van der Waals surface area contributed by atoms with Crippen LogP contribution in [0.2, 0.25) is 5.02 Å². The molecule has 0 atom stereocenters. The molecule has 9 nitrogen and oxygen atoms in total. The Labute approximate surface area is 266 Å². The second kappa shape index (κ2) is 13.1. The highest BCUT2D eigenvalue weighted by molar-refractivity contribution is 7.90. The van der Waals surface area contributed by atoms with Crippen molar-refractivity contribution in [1.82, 2.24) is 19.8 Å². The van der Waals surface area contributed by atoms with Gasteiger partial charge >= 0.3 is 0 Å². The molecule has 12 heteroatoms. The highest BCUT2D eigenvalue weighted by Crippen LogP contribution is 2.33. The van der Waals surface area contributed by atoms with E-state index in [-0.39, 0.29) is 18.2 Å². The molecule has 0 saturated carbocycles. The Balaban J connectivity index is 1.17. The number of rotatable bonds is 12. The molecule has 45 heavy (non-hydrogen) atoms. The molecule has 5 aromatic rings. The van der Waals surface area contributed by atoms with Gasteiger partial charge in [-0.2, -0.15) is 0 Å². The summed E-state index contributed by atoms with van der Waals surface area (Å²) in [4.78, 5) is 13.3. The fourth-order valence-electron chi connectivity index (χ4n) is 5.32. The Kier molecular flexibility index (Phi) is 9.04. The number of ether oxygens (including phenoxy) is 1. The van der Waals surface area contributed by atoms with Gasteiger partial charge in [0.15, 0.2) is 0 Å². The van der Waals surface area contributed by atoms with Gasteiger partial charge in [-0.1, -0.05) is 23.7 Å². The van der Waals surface area contributed by atoms with Crippen molar-refractivity contribution >= 4 is 43.8 Å². The Morgan fingerprint density at radius 1 is 1.09 bits per heavy atom. The lowest BCUT2D eigenvalue weighted by molar-refractivity contribution is 0.0471. The topological polar surface area (TPSA) is 101 Å². The van der Waals surface area contributed by atoms with Gasteiger partial charge in [-0.25, -0.2) is 22.8 Å². The van der Waals surface area contributed by atoms with Gasteiger partial charge in [0.1, 0.15) is 51.7 Å². The van der Waals surface area contributed by atoms with Gasteiger partial charge in [0.25, 0.3) is 0 Å². The van der Waals surface area contributed by atoms with Crippen molar-refractivity contribution in [2.24, 2.45) is 0 Å². The third-order valence-corrected chi connectivity index (χ3v) is 8.95. The van der Waals surface area contributed by atoms with Crippen LogP contribution >= 0.6 is 11.6 Å². The van der Waals surface area contributed by atoms with Crippen molar-refractivity contribution in [3.8, 4) is 17.1 Å². The standard InChI is InChI=1S/C33H33ClFN5O4S/c1-39-17-26(18-39)40(12-13-45(2,41)42)19-27-8-11-31(44-27)23-6-9-30-28(15-23)33(37-21-36-30)38-25-7-10-32(29(34)16-25)43-20-22-4-3-5-24(35)14-22/h3-11,14-16,21,26H,12-13,17-20H2,1-2H3,(H,36,37,38). The fourth-order valence-corrected chi connectivity index (χ4v) is 6.12. The van der Waals surface area contributed by atoms with E-state index in [1.807, 2.05) is 36.4 Å². The first kappa shape index (κ1) is 31.0. The second-order valence-electron chi connectivity index (χ2n) is 11.4. The van der Waals surface area contributed by atoms with E-state index in [2.05, 4.69) is 32.1 Å². The third kappa shape index (κ3) is 7.80. The van der Waals surface area contributed by atoms with Gasteiger partial charge < -0.3 is 19.4 Å². The summed E-state index contributed by atoms with van der Waals surface area (Å²) in [7, 11) is -1.02. The number of fused-ring (bicyclic) bond motifs is 1. The molecular formula is C33H33ClFN5O4S. The van der Waals surface area contributed by atoms with Crippen molar-refractivity contribution in [2.75, 3.05) is 44.0 Å². The van der Waals surface area contributed by atoms with Crippen LogP contribution < -0.4 is 10.1 Å². The molecule has 0 spiro atoms. The zero-order valence-corrected chi connectivity index (χ0v) is 26.5. The van der Waals surface area contributed by atoms with E-state index in [1.165, 1.54) is 24.7 Å². The van der Waals surface area contributed by atoms with Crippen LogP contribution in [0.4, 0.5) is 15.9 Å². The molecule has 2 aromatic heterocycles. The number of hydrogen-bond donors (Lipinski definition) is 1. The predicted octanol–water partition coefficient (Wildman–Crippen LogP) is 6.17. The average molecular weight is 650 g/mol. The number of aromatic nitrogens is 2. The summed E-state index contributed by atoms with van der Waals surface area (Å²) in [6, 6.07) is 21.6. The Morgan fingerprint density at radius 2 is 1.93 bits per heavy atom. The van der Waals surface area contributed by atoms with Gasteiger partial charge in [-0.05, 0) is 73.3 Å². The van der Waals surface area contributed by atoms with Gasteiger partial charge in [0.2, 0.25) is 0 Å². The minimum absolute atomic E-state index is 0.108. The molecule has 1 aliphatic rings. The predicted molar refractivity (Wildman–Crippen MR) is 174 cm³/mol. The minimum atomic E-state index is -3.08. The smallest absolute Gasteiger partial charge is 0.148 e. The Bertz CT molecular complexity index is 1930. The monoisotopic (exact) mass is 649 g/mol. The van der Waals surface area contributed by atoms with Gasteiger partial charge in [0.05, 0.1) is 22.8 Å². The van der Waals surface area contributed by atoms with Crippen molar-refractivity contribution in [1.29, 1.82) is 0 Å². The molecule has 0 bridgehead atoms. The van der Waals surface area contributed by atoms with Gasteiger partial charge in [-0.15, -0.1) is 0 Å². The molecule has 0 amide bonds. The molecule has 234 valence electrons. The van der Waals surface area contributed by atoms with E-state index in [0.29, 0.717) is 52.7 Å². The van der Waals surface area contributed by atoms with Crippen LogP contribution in [0.5, 0.6) is 5.75 Å². The van der Waals surface area contributed by atoms with Crippen molar-refractivity contribution in [3.63, 3.8) is 0 Å². The number of halogens is 2. The number of likely N-dealkylation sites (N-methyl/N-ethyl adjacent to an activating group) is 1. The van der Waals surface area contributed by atoms with E-state index >= 15 is 0 Å².